The number of fused-ring (bicyclic) bond motifs is 2. The minimum Gasteiger partial charge on any atom is -0.363 e. The molecule has 7 rings (SSSR count). The fourth-order valence-corrected chi connectivity index (χ4v) is 8.62. The van der Waals surface area contributed by atoms with Crippen molar-refractivity contribution in [3.8, 4) is 0 Å². The van der Waals surface area contributed by atoms with Crippen LogP contribution in [0.1, 0.15) is 94.3 Å². The number of anilines is 1. The molecule has 0 radical (unpaired) electrons. The maximum absolute atomic E-state index is 14.4. The zero-order valence-corrected chi connectivity index (χ0v) is 35.5. The molecule has 1 aliphatic heterocycles. The van der Waals surface area contributed by atoms with E-state index >= 15 is 0 Å². The topological polar surface area (TPSA) is 108 Å². The summed E-state index contributed by atoms with van der Waals surface area (Å²) in [6, 6.07) is 33.2. The van der Waals surface area contributed by atoms with Crippen molar-refractivity contribution in [1.29, 1.82) is 0 Å². The molecule has 0 aliphatic carbocycles. The molecular formula is C48H61N9O2. The fraction of sp³-hybridized carbons (Fsp3) is 0.417. The van der Waals surface area contributed by atoms with Crippen LogP contribution in [-0.2, 0) is 29.2 Å². The Morgan fingerprint density at radius 1 is 0.746 bits per heavy atom. The molecule has 6 aromatic rings. The smallest absolute Gasteiger partial charge is 0.245 e. The van der Waals surface area contributed by atoms with Crippen molar-refractivity contribution >= 4 is 39.6 Å². The number of hydrogen-bond acceptors (Lipinski definition) is 7. The third-order valence-electron chi connectivity index (χ3n) is 11.8. The monoisotopic (exact) mass is 795 g/mol. The number of nitrogens with one attached hydrogen (secondary N) is 2. The van der Waals surface area contributed by atoms with Gasteiger partial charge in [0.2, 0.25) is 11.8 Å². The average molecular weight is 796 g/mol. The molecule has 0 spiro atoms. The molecule has 1 saturated heterocycles. The van der Waals surface area contributed by atoms with E-state index in [2.05, 4.69) is 137 Å². The van der Waals surface area contributed by atoms with E-state index < -0.39 is 0 Å². The molecule has 310 valence electrons. The Kier molecular flexibility index (Phi) is 13.8. The first kappa shape index (κ1) is 41.6. The van der Waals surface area contributed by atoms with Crippen molar-refractivity contribution in [1.82, 2.24) is 39.5 Å². The maximum Gasteiger partial charge on any atom is 0.245 e. The summed E-state index contributed by atoms with van der Waals surface area (Å²) in [4.78, 5) is 55.5. The highest BCUT2D eigenvalue weighted by Crippen LogP contribution is 2.36. The van der Waals surface area contributed by atoms with Crippen LogP contribution in [-0.4, -0.2) is 97.2 Å². The van der Waals surface area contributed by atoms with Crippen molar-refractivity contribution in [2.24, 2.45) is 0 Å². The van der Waals surface area contributed by atoms with Gasteiger partial charge in [0.25, 0.3) is 0 Å². The van der Waals surface area contributed by atoms with Crippen LogP contribution in [0.4, 0.5) is 5.69 Å². The molecule has 4 aromatic carbocycles. The number of likely N-dealkylation sites (tertiary alicyclic amines) is 1. The zero-order chi connectivity index (χ0) is 41.3. The van der Waals surface area contributed by atoms with Crippen molar-refractivity contribution in [2.45, 2.75) is 85.6 Å². The zero-order valence-electron chi connectivity index (χ0n) is 35.5. The largest absolute Gasteiger partial charge is 0.363 e. The summed E-state index contributed by atoms with van der Waals surface area (Å²) in [5, 5.41) is 0. The summed E-state index contributed by atoms with van der Waals surface area (Å²) in [7, 11) is 0. The summed E-state index contributed by atoms with van der Waals surface area (Å²) in [6.07, 6.45) is 2.73. The molecule has 2 unspecified atom stereocenters. The normalized spacial score (nSPS) is 14.8. The Morgan fingerprint density at radius 2 is 1.37 bits per heavy atom. The van der Waals surface area contributed by atoms with Gasteiger partial charge in [0.1, 0.15) is 17.7 Å². The van der Waals surface area contributed by atoms with Crippen molar-refractivity contribution < 1.29 is 9.59 Å². The number of amides is 2. The fourth-order valence-electron chi connectivity index (χ4n) is 8.62. The number of benzene rings is 4. The summed E-state index contributed by atoms with van der Waals surface area (Å²) in [5.74, 6) is 1.94. The Morgan fingerprint density at radius 3 is 2.00 bits per heavy atom. The third-order valence-corrected chi connectivity index (χ3v) is 11.8. The lowest BCUT2D eigenvalue weighted by atomic mass is 10.0. The Balaban J connectivity index is 1.09. The van der Waals surface area contributed by atoms with Crippen LogP contribution in [0.5, 0.6) is 0 Å². The van der Waals surface area contributed by atoms with Crippen LogP contribution in [0.3, 0.4) is 0 Å². The number of H-pyrrole nitrogens is 2. The van der Waals surface area contributed by atoms with Crippen LogP contribution in [0.25, 0.3) is 22.1 Å². The van der Waals surface area contributed by atoms with E-state index in [0.717, 1.165) is 108 Å². The number of rotatable bonds is 19. The van der Waals surface area contributed by atoms with Gasteiger partial charge in [-0.05, 0) is 98.5 Å². The van der Waals surface area contributed by atoms with Crippen molar-refractivity contribution in [2.75, 3.05) is 50.7 Å². The van der Waals surface area contributed by atoms with Crippen LogP contribution >= 0.6 is 0 Å². The maximum atomic E-state index is 14.4. The molecular weight excluding hydrogens is 735 g/mol. The van der Waals surface area contributed by atoms with Crippen LogP contribution in [0.2, 0.25) is 0 Å². The molecule has 0 saturated carbocycles. The number of aromatic nitrogens is 4. The van der Waals surface area contributed by atoms with Gasteiger partial charge in [-0.25, -0.2) is 9.97 Å². The summed E-state index contributed by atoms with van der Waals surface area (Å²) in [6.45, 7) is 17.5. The van der Waals surface area contributed by atoms with Gasteiger partial charge in [-0.1, -0.05) is 95.3 Å². The number of carbonyl (C=O) groups excluding carboxylic acids is 2. The average Bonchev–Trinajstić information content (AvgIpc) is 4.03. The summed E-state index contributed by atoms with van der Waals surface area (Å²) in [5.41, 5.74) is 8.24. The highest BCUT2D eigenvalue weighted by atomic mass is 16.2. The number of imidazole rings is 2. The number of aromatic amines is 2. The van der Waals surface area contributed by atoms with E-state index in [9.17, 15) is 9.59 Å². The van der Waals surface area contributed by atoms with E-state index in [-0.39, 0.29) is 23.9 Å². The van der Waals surface area contributed by atoms with Gasteiger partial charge < -0.3 is 24.7 Å². The standard InChI is InChI=1S/C48H61N9O2/c1-6-27-55(45(58)34-53(7-2)8-3)33-44-49-39-25-23-35(29-41(39)50-44)31-56(38-20-15-12-16-21-38)32-36-24-26-40-42(30-36)52-47(51-40)43-22-17-28-57(43)48(59)46(54(9-4)10-5)37-18-13-11-14-19-37/h11-16,18-21,23-26,29-30,43,46H,6-10,17,22,27-28,31-34H2,1-5H3,(H,49,50)(H,51,52). The van der Waals surface area contributed by atoms with Crippen molar-refractivity contribution in [3.63, 3.8) is 0 Å². The Bertz CT molecular complexity index is 2280. The number of carbonyl (C=O) groups is 2. The molecule has 1 aliphatic rings. The van der Waals surface area contributed by atoms with E-state index in [0.29, 0.717) is 32.7 Å². The molecule has 3 heterocycles. The predicted octanol–water partition coefficient (Wildman–Crippen LogP) is 8.47. The van der Waals surface area contributed by atoms with E-state index in [1.165, 1.54) is 0 Å². The highest BCUT2D eigenvalue weighted by molar-refractivity contribution is 5.84. The quantitative estimate of drug-likeness (QED) is 0.0848. The first-order valence-electron chi connectivity index (χ1n) is 21.7. The lowest BCUT2D eigenvalue weighted by molar-refractivity contribution is -0.138. The molecule has 11 nitrogen and oxygen atoms in total. The number of para-hydroxylation sites is 1. The van der Waals surface area contributed by atoms with Gasteiger partial charge >= 0.3 is 0 Å². The molecule has 59 heavy (non-hydrogen) atoms. The highest BCUT2D eigenvalue weighted by Gasteiger charge is 2.38. The second kappa shape index (κ2) is 19.5. The van der Waals surface area contributed by atoms with E-state index in [1.54, 1.807) is 0 Å². The lowest BCUT2D eigenvalue weighted by Crippen LogP contribution is -2.43. The van der Waals surface area contributed by atoms with Gasteiger partial charge in [-0.2, -0.15) is 0 Å². The van der Waals surface area contributed by atoms with Gasteiger partial charge in [0, 0.05) is 31.9 Å². The lowest BCUT2D eigenvalue weighted by Gasteiger charge is -2.34. The number of nitrogens with zero attached hydrogens (tertiary/aromatic N) is 7. The summed E-state index contributed by atoms with van der Waals surface area (Å²) >= 11 is 0. The second-order valence-electron chi connectivity index (χ2n) is 15.7. The van der Waals surface area contributed by atoms with Gasteiger partial charge in [-0.15, -0.1) is 0 Å². The molecule has 0 bridgehead atoms. The number of likely N-dealkylation sites (N-methyl/N-ethyl adjacent to an activating group) is 2. The van der Waals surface area contributed by atoms with Crippen LogP contribution in [0, 0.1) is 0 Å². The Labute approximate surface area is 349 Å². The van der Waals surface area contributed by atoms with Gasteiger partial charge in [-0.3, -0.25) is 19.4 Å². The molecule has 2 N–H and O–H groups in total. The van der Waals surface area contributed by atoms with E-state index in [4.69, 9.17) is 9.97 Å². The second-order valence-corrected chi connectivity index (χ2v) is 15.7. The number of hydrogen-bond donors (Lipinski definition) is 2. The van der Waals surface area contributed by atoms with Gasteiger partial charge in [0.05, 0.1) is 41.2 Å². The first-order valence-corrected chi connectivity index (χ1v) is 21.7. The van der Waals surface area contributed by atoms with Crippen molar-refractivity contribution in [3.05, 3.63) is 125 Å². The summed E-state index contributed by atoms with van der Waals surface area (Å²) < 4.78 is 0. The van der Waals surface area contributed by atoms with Gasteiger partial charge in [0.15, 0.2) is 0 Å². The molecule has 2 aromatic heterocycles. The molecule has 1 fully saturated rings. The SMILES string of the molecule is CCCN(Cc1nc2ccc(CN(Cc3ccc4nc(C5CCCN5C(=O)C(c5ccccc5)N(CC)CC)[nH]c4c3)c3ccccc3)cc2[nH]1)C(=O)CN(CC)CC. The molecule has 11 heteroatoms. The minimum atomic E-state index is -0.322. The predicted molar refractivity (Wildman–Crippen MR) is 238 cm³/mol. The first-order chi connectivity index (χ1) is 28.8. The molecule has 2 atom stereocenters. The van der Waals surface area contributed by atoms with Crippen LogP contribution in [0.15, 0.2) is 97.1 Å². The van der Waals surface area contributed by atoms with E-state index in [1.807, 2.05) is 29.2 Å². The third kappa shape index (κ3) is 9.69. The van der Waals surface area contributed by atoms with Crippen LogP contribution < -0.4 is 4.90 Å². The molecule has 2 amide bonds. The minimum absolute atomic E-state index is 0.0958. The Hall–Kier alpha value is -5.52.